The second-order valence-electron chi connectivity index (χ2n) is 5.48. The third-order valence-corrected chi connectivity index (χ3v) is 3.95. The molecule has 5 nitrogen and oxygen atoms in total. The van der Waals surface area contributed by atoms with Crippen molar-refractivity contribution in [2.75, 3.05) is 13.1 Å². The molecule has 1 aromatic carbocycles. The summed E-state index contributed by atoms with van der Waals surface area (Å²) in [4.78, 5) is 25.2. The fourth-order valence-corrected chi connectivity index (χ4v) is 2.64. The number of nitrogens with one attached hydrogen (secondary N) is 1. The minimum absolute atomic E-state index is 0.0157. The van der Waals surface area contributed by atoms with Crippen molar-refractivity contribution in [2.24, 2.45) is 5.92 Å². The molecule has 1 N–H and O–H groups in total. The van der Waals surface area contributed by atoms with Crippen LogP contribution in [0.4, 0.5) is 8.78 Å². The normalized spacial score (nSPS) is 15.6. The van der Waals surface area contributed by atoms with Crippen LogP contribution in [0.3, 0.4) is 0 Å². The second-order valence-corrected chi connectivity index (χ2v) is 5.48. The molecule has 1 saturated heterocycles. The minimum atomic E-state index is -2.90. The number of rotatable bonds is 5. The number of hydrogen-bond acceptors (Lipinski definition) is 3. The molecule has 126 valence electrons. The molecule has 0 unspecified atom stereocenters. The van der Waals surface area contributed by atoms with Gasteiger partial charge in [0.2, 0.25) is 11.8 Å². The summed E-state index contributed by atoms with van der Waals surface area (Å²) in [6.07, 6.45) is 1.22. The van der Waals surface area contributed by atoms with Crippen LogP contribution in [0.5, 0.6) is 5.75 Å². The largest absolute Gasteiger partial charge is 0.434 e. The third-order valence-electron chi connectivity index (χ3n) is 3.95. The Labute approximate surface area is 133 Å². The number of halogens is 2. The summed E-state index contributed by atoms with van der Waals surface area (Å²) in [5, 5.41) is 2.76. The summed E-state index contributed by atoms with van der Waals surface area (Å²) >= 11 is 0. The van der Waals surface area contributed by atoms with Gasteiger partial charge in [0.05, 0.1) is 0 Å². The molecule has 1 aliphatic rings. The van der Waals surface area contributed by atoms with Crippen molar-refractivity contribution in [3.05, 3.63) is 29.8 Å². The Hall–Kier alpha value is -2.18. The lowest BCUT2D eigenvalue weighted by Crippen LogP contribution is -2.42. The molecule has 2 rings (SSSR count). The number of amides is 2. The molecule has 1 heterocycles. The van der Waals surface area contributed by atoms with Crippen LogP contribution in [0.15, 0.2) is 24.3 Å². The van der Waals surface area contributed by atoms with Gasteiger partial charge < -0.3 is 15.0 Å². The van der Waals surface area contributed by atoms with E-state index in [0.29, 0.717) is 31.5 Å². The smallest absolute Gasteiger partial charge is 0.387 e. The van der Waals surface area contributed by atoms with Crippen LogP contribution in [-0.4, -0.2) is 36.4 Å². The van der Waals surface area contributed by atoms with Crippen molar-refractivity contribution in [3.63, 3.8) is 0 Å². The first-order chi connectivity index (χ1) is 11.0. The highest BCUT2D eigenvalue weighted by Gasteiger charge is 2.25. The van der Waals surface area contributed by atoms with E-state index in [0.717, 1.165) is 0 Å². The molecule has 2 amide bonds. The van der Waals surface area contributed by atoms with E-state index < -0.39 is 6.61 Å². The molecule has 0 aliphatic carbocycles. The van der Waals surface area contributed by atoms with E-state index >= 15 is 0 Å². The van der Waals surface area contributed by atoms with Crippen molar-refractivity contribution < 1.29 is 23.1 Å². The highest BCUT2D eigenvalue weighted by Crippen LogP contribution is 2.21. The number of para-hydroxylation sites is 1. The van der Waals surface area contributed by atoms with Crippen molar-refractivity contribution >= 4 is 11.8 Å². The van der Waals surface area contributed by atoms with Crippen LogP contribution in [0.1, 0.15) is 25.3 Å². The van der Waals surface area contributed by atoms with Gasteiger partial charge in [-0.3, -0.25) is 9.59 Å². The molecule has 7 heteroatoms. The quantitative estimate of drug-likeness (QED) is 0.902. The number of benzene rings is 1. The van der Waals surface area contributed by atoms with E-state index in [1.807, 2.05) is 0 Å². The second kappa shape index (κ2) is 7.89. The first-order valence-corrected chi connectivity index (χ1v) is 7.53. The van der Waals surface area contributed by atoms with E-state index in [1.54, 1.807) is 23.1 Å². The summed E-state index contributed by atoms with van der Waals surface area (Å²) in [6, 6.07) is 6.38. The zero-order chi connectivity index (χ0) is 16.8. The monoisotopic (exact) mass is 326 g/mol. The average molecular weight is 326 g/mol. The number of piperidine rings is 1. The van der Waals surface area contributed by atoms with Gasteiger partial charge in [0.1, 0.15) is 5.75 Å². The van der Waals surface area contributed by atoms with Gasteiger partial charge >= 0.3 is 6.61 Å². The molecule has 0 saturated carbocycles. The Kier molecular flexibility index (Phi) is 5.90. The van der Waals surface area contributed by atoms with Crippen LogP contribution >= 0.6 is 0 Å². The van der Waals surface area contributed by atoms with Gasteiger partial charge in [-0.2, -0.15) is 8.78 Å². The first kappa shape index (κ1) is 17.2. The molecule has 0 bridgehead atoms. The number of ether oxygens (including phenoxy) is 1. The Morgan fingerprint density at radius 3 is 2.57 bits per heavy atom. The van der Waals surface area contributed by atoms with Gasteiger partial charge in [-0.15, -0.1) is 0 Å². The fourth-order valence-electron chi connectivity index (χ4n) is 2.64. The van der Waals surface area contributed by atoms with E-state index in [9.17, 15) is 18.4 Å². The predicted octanol–water partition coefficient (Wildman–Crippen LogP) is 2.16. The molecule has 0 atom stereocenters. The maximum absolute atomic E-state index is 12.4. The predicted molar refractivity (Wildman–Crippen MR) is 79.9 cm³/mol. The van der Waals surface area contributed by atoms with Gasteiger partial charge in [0.15, 0.2) is 0 Å². The third kappa shape index (κ3) is 4.91. The average Bonchev–Trinajstić information content (AvgIpc) is 2.53. The van der Waals surface area contributed by atoms with E-state index in [1.165, 1.54) is 13.0 Å². The molecule has 0 spiro atoms. The highest BCUT2D eigenvalue weighted by atomic mass is 19.3. The molecular formula is C16H20F2N2O3. The van der Waals surface area contributed by atoms with Crippen LogP contribution in [0, 0.1) is 5.92 Å². The standard InChI is InChI=1S/C16H20F2N2O3/c1-11(21)20-8-6-12(7-9-20)15(22)19-10-13-4-2-3-5-14(13)23-16(17)18/h2-5,12,16H,6-10H2,1H3,(H,19,22). The molecule has 1 aliphatic heterocycles. The van der Waals surface area contributed by atoms with E-state index in [-0.39, 0.29) is 30.0 Å². The van der Waals surface area contributed by atoms with Gasteiger partial charge in [-0.25, -0.2) is 0 Å². The number of hydrogen-bond donors (Lipinski definition) is 1. The lowest BCUT2D eigenvalue weighted by atomic mass is 9.96. The van der Waals surface area contributed by atoms with Crippen LogP contribution in [0.25, 0.3) is 0 Å². The van der Waals surface area contributed by atoms with E-state index in [4.69, 9.17) is 0 Å². The lowest BCUT2D eigenvalue weighted by molar-refractivity contribution is -0.134. The minimum Gasteiger partial charge on any atom is -0.434 e. The lowest BCUT2D eigenvalue weighted by Gasteiger charge is -2.30. The zero-order valence-electron chi connectivity index (χ0n) is 12.9. The molecule has 1 aromatic rings. The van der Waals surface area contributed by atoms with Crippen molar-refractivity contribution in [2.45, 2.75) is 32.9 Å². The van der Waals surface area contributed by atoms with Gasteiger partial charge in [0, 0.05) is 38.0 Å². The highest BCUT2D eigenvalue weighted by molar-refractivity contribution is 5.79. The SMILES string of the molecule is CC(=O)N1CCC(C(=O)NCc2ccccc2OC(F)F)CC1. The molecule has 23 heavy (non-hydrogen) atoms. The summed E-state index contributed by atoms with van der Waals surface area (Å²) in [6.45, 7) is -0.117. The Bertz CT molecular complexity index is 558. The number of likely N-dealkylation sites (tertiary alicyclic amines) is 1. The number of carbonyl (C=O) groups excluding carboxylic acids is 2. The summed E-state index contributed by atoms with van der Waals surface area (Å²) in [5.41, 5.74) is 0.502. The molecule has 0 radical (unpaired) electrons. The summed E-state index contributed by atoms with van der Waals surface area (Å²) in [7, 11) is 0. The summed E-state index contributed by atoms with van der Waals surface area (Å²) in [5.74, 6) is -0.204. The zero-order valence-corrected chi connectivity index (χ0v) is 12.9. The topological polar surface area (TPSA) is 58.6 Å². The van der Waals surface area contributed by atoms with Gasteiger partial charge in [0.25, 0.3) is 0 Å². The Morgan fingerprint density at radius 1 is 1.30 bits per heavy atom. The van der Waals surface area contributed by atoms with Crippen LogP contribution < -0.4 is 10.1 Å². The van der Waals surface area contributed by atoms with Crippen molar-refractivity contribution in [1.29, 1.82) is 0 Å². The van der Waals surface area contributed by atoms with Crippen molar-refractivity contribution in [1.82, 2.24) is 10.2 Å². The fraction of sp³-hybridized carbons (Fsp3) is 0.500. The van der Waals surface area contributed by atoms with Crippen LogP contribution in [-0.2, 0) is 16.1 Å². The van der Waals surface area contributed by atoms with Crippen molar-refractivity contribution in [3.8, 4) is 5.75 Å². The maximum atomic E-state index is 12.4. The molecule has 1 fully saturated rings. The number of alkyl halides is 2. The molecule has 0 aromatic heterocycles. The van der Waals surface area contributed by atoms with Crippen LogP contribution in [0.2, 0.25) is 0 Å². The first-order valence-electron chi connectivity index (χ1n) is 7.53. The molecular weight excluding hydrogens is 306 g/mol. The number of carbonyl (C=O) groups is 2. The van der Waals surface area contributed by atoms with Gasteiger partial charge in [-0.05, 0) is 18.9 Å². The van der Waals surface area contributed by atoms with Gasteiger partial charge in [-0.1, -0.05) is 18.2 Å². The summed E-state index contributed by atoms with van der Waals surface area (Å²) < 4.78 is 29.1. The Morgan fingerprint density at radius 2 is 1.96 bits per heavy atom. The Balaban J connectivity index is 1.87. The maximum Gasteiger partial charge on any atom is 0.387 e. The van der Waals surface area contributed by atoms with E-state index in [2.05, 4.69) is 10.1 Å². The number of nitrogens with zero attached hydrogens (tertiary/aromatic N) is 1.